The molecule has 0 N–H and O–H groups in total. The van der Waals surface area contributed by atoms with Crippen molar-refractivity contribution in [3.63, 3.8) is 0 Å². The van der Waals surface area contributed by atoms with Crippen molar-refractivity contribution in [3.05, 3.63) is 30.5 Å². The molecule has 0 aliphatic carbocycles. The van der Waals surface area contributed by atoms with Gasteiger partial charge in [0.25, 0.3) is 5.88 Å². The highest BCUT2D eigenvalue weighted by Crippen LogP contribution is 2.16. The number of likely N-dealkylation sites (N-methyl/N-ethyl adjacent to an activating group) is 1. The van der Waals surface area contributed by atoms with Crippen molar-refractivity contribution in [3.8, 4) is 5.88 Å². The summed E-state index contributed by atoms with van der Waals surface area (Å²) in [7, 11) is 1.38. The molecule has 2 heterocycles. The summed E-state index contributed by atoms with van der Waals surface area (Å²) in [4.78, 5) is 9.97. The molecule has 0 amide bonds. The van der Waals surface area contributed by atoms with Crippen LogP contribution < -0.4 is 9.64 Å². The summed E-state index contributed by atoms with van der Waals surface area (Å²) in [5.41, 5.74) is 0. The second kappa shape index (κ2) is 6.12. The molecule has 6 nitrogen and oxygen atoms in total. The zero-order chi connectivity index (χ0) is 13.7. The Labute approximate surface area is 110 Å². The fraction of sp³-hybridized carbons (Fsp3) is 0.417. The van der Waals surface area contributed by atoms with E-state index in [1.165, 1.54) is 7.11 Å². The Morgan fingerprint density at radius 1 is 1.47 bits per heavy atom. The fourth-order valence-corrected chi connectivity index (χ4v) is 1.69. The Morgan fingerprint density at radius 3 is 2.95 bits per heavy atom. The molecular weight excluding hydrogens is 249 g/mol. The number of rotatable bonds is 6. The summed E-state index contributed by atoms with van der Waals surface area (Å²) in [6.07, 6.45) is 4.74. The van der Waals surface area contributed by atoms with Gasteiger partial charge in [-0.15, -0.1) is 0 Å². The largest absolute Gasteiger partial charge is 0.479 e. The lowest BCUT2D eigenvalue weighted by molar-refractivity contribution is 0.367. The minimum absolute atomic E-state index is 0.0393. The number of hydrogen-bond acceptors (Lipinski definition) is 5. The van der Waals surface area contributed by atoms with Crippen molar-refractivity contribution >= 4 is 5.95 Å². The predicted molar refractivity (Wildman–Crippen MR) is 68.7 cm³/mol. The van der Waals surface area contributed by atoms with Gasteiger partial charge in [-0.05, 0) is 13.0 Å². The van der Waals surface area contributed by atoms with E-state index >= 15 is 0 Å². The summed E-state index contributed by atoms with van der Waals surface area (Å²) in [6, 6.07) is 1.87. The molecule has 102 valence electrons. The maximum atomic E-state index is 13.3. The van der Waals surface area contributed by atoms with Gasteiger partial charge in [0.1, 0.15) is 0 Å². The molecule has 0 spiro atoms. The van der Waals surface area contributed by atoms with Gasteiger partial charge in [0.05, 0.1) is 19.9 Å². The van der Waals surface area contributed by atoms with Crippen LogP contribution in [0.15, 0.2) is 24.7 Å². The Hall–Kier alpha value is -2.18. The van der Waals surface area contributed by atoms with E-state index in [0.29, 0.717) is 19.0 Å². The van der Waals surface area contributed by atoms with Crippen molar-refractivity contribution in [1.29, 1.82) is 0 Å². The number of nitrogens with zero attached hydrogens (tertiary/aromatic N) is 5. The molecular formula is C12H16FN5O. The Kier molecular flexibility index (Phi) is 4.27. The van der Waals surface area contributed by atoms with Crippen LogP contribution in [0.1, 0.15) is 6.92 Å². The number of hydrogen-bond donors (Lipinski definition) is 0. The first-order chi connectivity index (χ1) is 9.24. The van der Waals surface area contributed by atoms with Crippen LogP contribution in [0.25, 0.3) is 0 Å². The van der Waals surface area contributed by atoms with Crippen molar-refractivity contribution in [2.75, 3.05) is 25.1 Å². The van der Waals surface area contributed by atoms with E-state index in [1.807, 2.05) is 28.8 Å². The molecule has 0 aliphatic heterocycles. The van der Waals surface area contributed by atoms with E-state index in [0.717, 1.165) is 12.7 Å². The maximum absolute atomic E-state index is 13.3. The number of methoxy groups -OCH3 is 1. The maximum Gasteiger partial charge on any atom is 0.255 e. The second-order valence-electron chi connectivity index (χ2n) is 3.88. The van der Waals surface area contributed by atoms with Gasteiger partial charge < -0.3 is 9.64 Å². The highest BCUT2D eigenvalue weighted by molar-refractivity contribution is 5.32. The first-order valence-electron chi connectivity index (χ1n) is 6.03. The molecule has 0 radical (unpaired) electrons. The smallest absolute Gasteiger partial charge is 0.255 e. The molecule has 2 aromatic rings. The highest BCUT2D eigenvalue weighted by Gasteiger charge is 2.12. The average molecular weight is 265 g/mol. The molecule has 0 atom stereocenters. The van der Waals surface area contributed by atoms with Gasteiger partial charge in [-0.25, -0.2) is 4.98 Å². The molecule has 0 aliphatic rings. The standard InChI is InChI=1S/C12H16FN5O/c1-3-17(7-8-18-6-4-5-15-18)12-14-9-10(13)11(16-12)19-2/h4-6,9H,3,7-8H2,1-2H3. The van der Waals surface area contributed by atoms with Crippen LogP contribution in [0.5, 0.6) is 5.88 Å². The summed E-state index contributed by atoms with van der Waals surface area (Å²) in [5.74, 6) is -0.148. The number of halogens is 1. The van der Waals surface area contributed by atoms with Crippen molar-refractivity contribution in [2.45, 2.75) is 13.5 Å². The van der Waals surface area contributed by atoms with Gasteiger partial charge in [-0.2, -0.15) is 14.5 Å². The van der Waals surface area contributed by atoms with Gasteiger partial charge in [-0.1, -0.05) is 0 Å². The van der Waals surface area contributed by atoms with Crippen LogP contribution in [0.2, 0.25) is 0 Å². The molecule has 2 rings (SSSR count). The number of anilines is 1. The van der Waals surface area contributed by atoms with Gasteiger partial charge in [-0.3, -0.25) is 4.68 Å². The average Bonchev–Trinajstić information content (AvgIpc) is 2.94. The quantitative estimate of drug-likeness (QED) is 0.789. The topological polar surface area (TPSA) is 56.1 Å². The zero-order valence-electron chi connectivity index (χ0n) is 11.0. The molecule has 0 bridgehead atoms. The van der Waals surface area contributed by atoms with E-state index in [1.54, 1.807) is 6.20 Å². The lowest BCUT2D eigenvalue weighted by Crippen LogP contribution is -2.29. The van der Waals surface area contributed by atoms with Gasteiger partial charge in [0, 0.05) is 25.5 Å². The van der Waals surface area contributed by atoms with Gasteiger partial charge in [0.15, 0.2) is 0 Å². The van der Waals surface area contributed by atoms with Crippen molar-refractivity contribution < 1.29 is 9.13 Å². The third kappa shape index (κ3) is 3.18. The third-order valence-corrected chi connectivity index (χ3v) is 2.72. The van der Waals surface area contributed by atoms with Crippen LogP contribution in [-0.4, -0.2) is 39.9 Å². The van der Waals surface area contributed by atoms with Crippen LogP contribution >= 0.6 is 0 Å². The minimum atomic E-state index is -0.561. The minimum Gasteiger partial charge on any atom is -0.479 e. The summed E-state index contributed by atoms with van der Waals surface area (Å²) < 4.78 is 19.9. The van der Waals surface area contributed by atoms with E-state index in [-0.39, 0.29) is 5.88 Å². The molecule has 0 fully saturated rings. The predicted octanol–water partition coefficient (Wildman–Crippen LogP) is 1.35. The Morgan fingerprint density at radius 2 is 2.32 bits per heavy atom. The lowest BCUT2D eigenvalue weighted by atomic mass is 10.5. The molecule has 2 aromatic heterocycles. The molecule has 0 unspecified atom stereocenters. The normalized spacial score (nSPS) is 10.5. The van der Waals surface area contributed by atoms with Gasteiger partial charge in [0.2, 0.25) is 11.8 Å². The first kappa shape index (κ1) is 13.3. The van der Waals surface area contributed by atoms with Crippen molar-refractivity contribution in [1.82, 2.24) is 19.7 Å². The van der Waals surface area contributed by atoms with E-state index in [2.05, 4.69) is 15.1 Å². The lowest BCUT2D eigenvalue weighted by Gasteiger charge is -2.20. The Bertz CT molecular complexity index is 517. The molecule has 0 saturated carbocycles. The summed E-state index contributed by atoms with van der Waals surface area (Å²) in [5, 5.41) is 4.13. The van der Waals surface area contributed by atoms with E-state index in [9.17, 15) is 4.39 Å². The molecule has 0 saturated heterocycles. The zero-order valence-corrected chi connectivity index (χ0v) is 11.0. The van der Waals surface area contributed by atoms with E-state index < -0.39 is 5.82 Å². The van der Waals surface area contributed by atoms with Crippen LogP contribution in [0, 0.1) is 5.82 Å². The highest BCUT2D eigenvalue weighted by atomic mass is 19.1. The SMILES string of the molecule is CCN(CCn1cccn1)c1ncc(F)c(OC)n1. The molecule has 0 aromatic carbocycles. The van der Waals surface area contributed by atoms with Crippen LogP contribution in [-0.2, 0) is 6.54 Å². The Balaban J connectivity index is 2.08. The van der Waals surface area contributed by atoms with Crippen LogP contribution in [0.3, 0.4) is 0 Å². The number of ether oxygens (including phenoxy) is 1. The van der Waals surface area contributed by atoms with E-state index in [4.69, 9.17) is 4.74 Å². The second-order valence-corrected chi connectivity index (χ2v) is 3.88. The summed E-state index contributed by atoms with van der Waals surface area (Å²) in [6.45, 7) is 4.11. The van der Waals surface area contributed by atoms with Gasteiger partial charge >= 0.3 is 0 Å². The fourth-order valence-electron chi connectivity index (χ4n) is 1.69. The van der Waals surface area contributed by atoms with Crippen molar-refractivity contribution in [2.24, 2.45) is 0 Å². The summed E-state index contributed by atoms with van der Waals surface area (Å²) >= 11 is 0. The molecule has 19 heavy (non-hydrogen) atoms. The molecule has 7 heteroatoms. The van der Waals surface area contributed by atoms with Crippen LogP contribution in [0.4, 0.5) is 10.3 Å². The first-order valence-corrected chi connectivity index (χ1v) is 6.03. The number of aromatic nitrogens is 4. The monoisotopic (exact) mass is 265 g/mol. The third-order valence-electron chi connectivity index (χ3n) is 2.72.